The van der Waals surface area contributed by atoms with Gasteiger partial charge in [0.15, 0.2) is 0 Å². The summed E-state index contributed by atoms with van der Waals surface area (Å²) in [6.45, 7) is 5.73. The SMILES string of the molecule is CC(C)(C)OC(=O)N1CCC[C@@H]1C(=O)Nc1ccccc1C(=O)O. The van der Waals surface area contributed by atoms with Gasteiger partial charge in [0.25, 0.3) is 0 Å². The summed E-state index contributed by atoms with van der Waals surface area (Å²) in [7, 11) is 0. The zero-order valence-corrected chi connectivity index (χ0v) is 14.0. The third-order valence-corrected chi connectivity index (χ3v) is 3.60. The molecule has 1 aliphatic heterocycles. The van der Waals surface area contributed by atoms with Crippen molar-refractivity contribution in [2.45, 2.75) is 45.3 Å². The lowest BCUT2D eigenvalue weighted by Crippen LogP contribution is -2.45. The highest BCUT2D eigenvalue weighted by atomic mass is 16.6. The van der Waals surface area contributed by atoms with Crippen molar-refractivity contribution in [3.63, 3.8) is 0 Å². The van der Waals surface area contributed by atoms with Crippen molar-refractivity contribution in [3.8, 4) is 0 Å². The molecule has 24 heavy (non-hydrogen) atoms. The molecule has 1 heterocycles. The minimum absolute atomic E-state index is 0.00710. The Labute approximate surface area is 140 Å². The van der Waals surface area contributed by atoms with Crippen LogP contribution in [0.3, 0.4) is 0 Å². The van der Waals surface area contributed by atoms with Crippen LogP contribution in [0.2, 0.25) is 0 Å². The summed E-state index contributed by atoms with van der Waals surface area (Å²) in [6, 6.07) is 5.50. The van der Waals surface area contributed by atoms with Gasteiger partial charge in [-0.05, 0) is 45.7 Å². The molecule has 7 nitrogen and oxygen atoms in total. The van der Waals surface area contributed by atoms with E-state index in [9.17, 15) is 19.5 Å². The van der Waals surface area contributed by atoms with E-state index in [1.54, 1.807) is 32.9 Å². The number of rotatable bonds is 3. The topological polar surface area (TPSA) is 95.9 Å². The number of hydrogen-bond acceptors (Lipinski definition) is 4. The standard InChI is InChI=1S/C17H22N2O5/c1-17(2,3)24-16(23)19-10-6-9-13(19)14(20)18-12-8-5-4-7-11(12)15(21)22/h4-5,7-8,13H,6,9-10H2,1-3H3,(H,18,20)(H,21,22)/t13-/m1/s1. The Kier molecular flexibility index (Phi) is 5.11. The number of nitrogens with zero attached hydrogens (tertiary/aromatic N) is 1. The quantitative estimate of drug-likeness (QED) is 0.886. The molecule has 0 radical (unpaired) electrons. The van der Waals surface area contributed by atoms with Crippen molar-refractivity contribution in [1.82, 2.24) is 4.90 Å². The Morgan fingerprint density at radius 2 is 1.92 bits per heavy atom. The van der Waals surface area contributed by atoms with E-state index in [-0.39, 0.29) is 11.3 Å². The molecule has 1 saturated heterocycles. The predicted octanol–water partition coefficient (Wildman–Crippen LogP) is 2.72. The van der Waals surface area contributed by atoms with E-state index in [1.807, 2.05) is 0 Å². The molecule has 0 saturated carbocycles. The summed E-state index contributed by atoms with van der Waals surface area (Å²) in [4.78, 5) is 37.4. The van der Waals surface area contributed by atoms with Crippen LogP contribution in [0.4, 0.5) is 10.5 Å². The number of amides is 2. The molecule has 130 valence electrons. The first kappa shape index (κ1) is 17.8. The summed E-state index contributed by atoms with van der Waals surface area (Å²) >= 11 is 0. The van der Waals surface area contributed by atoms with Gasteiger partial charge in [0.05, 0.1) is 11.3 Å². The molecule has 2 amide bonds. The number of anilines is 1. The van der Waals surface area contributed by atoms with Crippen LogP contribution in [-0.2, 0) is 9.53 Å². The first-order valence-corrected chi connectivity index (χ1v) is 7.82. The van der Waals surface area contributed by atoms with Gasteiger partial charge in [-0.3, -0.25) is 9.69 Å². The number of carboxylic acids is 1. The van der Waals surface area contributed by atoms with Crippen LogP contribution in [-0.4, -0.2) is 46.2 Å². The number of likely N-dealkylation sites (tertiary alicyclic amines) is 1. The van der Waals surface area contributed by atoms with Crippen LogP contribution < -0.4 is 5.32 Å². The first-order chi connectivity index (χ1) is 11.2. The number of nitrogens with one attached hydrogen (secondary N) is 1. The van der Waals surface area contributed by atoms with Crippen LogP contribution in [0.1, 0.15) is 44.0 Å². The largest absolute Gasteiger partial charge is 0.478 e. The second-order valence-corrected chi connectivity index (χ2v) is 6.67. The van der Waals surface area contributed by atoms with Crippen molar-refractivity contribution in [1.29, 1.82) is 0 Å². The summed E-state index contributed by atoms with van der Waals surface area (Å²) in [5.74, 6) is -1.53. The fraction of sp³-hybridized carbons (Fsp3) is 0.471. The molecule has 1 aliphatic rings. The highest BCUT2D eigenvalue weighted by Crippen LogP contribution is 2.23. The summed E-state index contributed by atoms with van der Waals surface area (Å²) in [5.41, 5.74) is -0.421. The number of carbonyl (C=O) groups is 3. The highest BCUT2D eigenvalue weighted by Gasteiger charge is 2.36. The molecule has 2 rings (SSSR count). The molecular formula is C17H22N2O5. The van der Waals surface area contributed by atoms with E-state index < -0.39 is 29.6 Å². The van der Waals surface area contributed by atoms with Crippen LogP contribution in [0, 0.1) is 0 Å². The maximum Gasteiger partial charge on any atom is 0.410 e. The molecule has 0 spiro atoms. The maximum atomic E-state index is 12.5. The lowest BCUT2D eigenvalue weighted by Gasteiger charge is -2.28. The van der Waals surface area contributed by atoms with E-state index in [4.69, 9.17) is 4.74 Å². The van der Waals surface area contributed by atoms with Gasteiger partial charge < -0.3 is 15.2 Å². The zero-order chi connectivity index (χ0) is 17.9. The number of para-hydroxylation sites is 1. The van der Waals surface area contributed by atoms with Gasteiger partial charge in [0.1, 0.15) is 11.6 Å². The second kappa shape index (κ2) is 6.90. The Morgan fingerprint density at radius 3 is 2.54 bits per heavy atom. The van der Waals surface area contributed by atoms with E-state index in [1.165, 1.54) is 17.0 Å². The van der Waals surface area contributed by atoms with Crippen LogP contribution in [0.5, 0.6) is 0 Å². The van der Waals surface area contributed by atoms with Gasteiger partial charge in [-0.2, -0.15) is 0 Å². The van der Waals surface area contributed by atoms with Crippen molar-refractivity contribution in [2.24, 2.45) is 0 Å². The van der Waals surface area contributed by atoms with Crippen LogP contribution in [0.15, 0.2) is 24.3 Å². The molecule has 0 aromatic heterocycles. The second-order valence-electron chi connectivity index (χ2n) is 6.67. The molecule has 0 aliphatic carbocycles. The van der Waals surface area contributed by atoms with Gasteiger partial charge in [0.2, 0.25) is 5.91 Å². The number of hydrogen-bond donors (Lipinski definition) is 2. The van der Waals surface area contributed by atoms with Crippen molar-refractivity contribution < 1.29 is 24.2 Å². The Balaban J connectivity index is 2.12. The van der Waals surface area contributed by atoms with Crippen molar-refractivity contribution >= 4 is 23.7 Å². The van der Waals surface area contributed by atoms with Gasteiger partial charge in [0, 0.05) is 6.54 Å². The molecular weight excluding hydrogens is 312 g/mol. The number of carbonyl (C=O) groups excluding carboxylic acids is 2. The van der Waals surface area contributed by atoms with Gasteiger partial charge in [-0.1, -0.05) is 12.1 Å². The average molecular weight is 334 g/mol. The fourth-order valence-corrected chi connectivity index (χ4v) is 2.57. The maximum absolute atomic E-state index is 12.5. The fourth-order valence-electron chi connectivity index (χ4n) is 2.57. The normalized spacial score (nSPS) is 17.5. The monoisotopic (exact) mass is 334 g/mol. The van der Waals surface area contributed by atoms with Gasteiger partial charge >= 0.3 is 12.1 Å². The average Bonchev–Trinajstić information content (AvgIpc) is 2.95. The number of benzene rings is 1. The smallest absolute Gasteiger partial charge is 0.410 e. The molecule has 1 atom stereocenters. The molecule has 2 N–H and O–H groups in total. The molecule has 0 unspecified atom stereocenters. The van der Waals surface area contributed by atoms with E-state index >= 15 is 0 Å². The number of carboxylic acid groups (broad SMARTS) is 1. The van der Waals surface area contributed by atoms with E-state index in [0.717, 1.165) is 0 Å². The molecule has 7 heteroatoms. The van der Waals surface area contributed by atoms with Crippen LogP contribution in [0.25, 0.3) is 0 Å². The Bertz CT molecular complexity index is 651. The van der Waals surface area contributed by atoms with Crippen molar-refractivity contribution in [3.05, 3.63) is 29.8 Å². The minimum Gasteiger partial charge on any atom is -0.478 e. The third-order valence-electron chi connectivity index (χ3n) is 3.60. The Hall–Kier alpha value is -2.57. The predicted molar refractivity (Wildman–Crippen MR) is 88.0 cm³/mol. The molecule has 1 fully saturated rings. The lowest BCUT2D eigenvalue weighted by atomic mass is 10.1. The minimum atomic E-state index is -1.12. The van der Waals surface area contributed by atoms with E-state index in [0.29, 0.717) is 19.4 Å². The zero-order valence-electron chi connectivity index (χ0n) is 14.0. The number of ether oxygens (including phenoxy) is 1. The van der Waals surface area contributed by atoms with E-state index in [2.05, 4.69) is 5.32 Å². The summed E-state index contributed by atoms with van der Waals surface area (Å²) < 4.78 is 5.33. The summed E-state index contributed by atoms with van der Waals surface area (Å²) in [5, 5.41) is 11.8. The third kappa shape index (κ3) is 4.24. The molecule has 1 aromatic carbocycles. The van der Waals surface area contributed by atoms with Crippen molar-refractivity contribution in [2.75, 3.05) is 11.9 Å². The first-order valence-electron chi connectivity index (χ1n) is 7.82. The summed E-state index contributed by atoms with van der Waals surface area (Å²) in [6.07, 6.45) is 0.671. The van der Waals surface area contributed by atoms with Gasteiger partial charge in [-0.25, -0.2) is 9.59 Å². The lowest BCUT2D eigenvalue weighted by molar-refractivity contribution is -0.120. The Morgan fingerprint density at radius 1 is 1.25 bits per heavy atom. The molecule has 1 aromatic rings. The van der Waals surface area contributed by atoms with Crippen LogP contribution >= 0.6 is 0 Å². The molecule has 0 bridgehead atoms. The highest BCUT2D eigenvalue weighted by molar-refractivity contribution is 6.02. The number of aromatic carboxylic acids is 1. The van der Waals surface area contributed by atoms with Gasteiger partial charge in [-0.15, -0.1) is 0 Å².